The van der Waals surface area contributed by atoms with Crippen molar-refractivity contribution < 1.29 is 22.9 Å². The van der Waals surface area contributed by atoms with Gasteiger partial charge in [-0.1, -0.05) is 23.2 Å². The minimum absolute atomic E-state index is 0.0917. The van der Waals surface area contributed by atoms with Gasteiger partial charge in [0, 0.05) is 28.4 Å². The molecule has 1 amide bonds. The number of nitrogens with zero attached hydrogens (tertiary/aromatic N) is 2. The van der Waals surface area contributed by atoms with Gasteiger partial charge in [0.15, 0.2) is 5.78 Å². The summed E-state index contributed by atoms with van der Waals surface area (Å²) >= 11 is 12.0. The molecular weight excluding hydrogens is 505 g/mol. The van der Waals surface area contributed by atoms with E-state index in [9.17, 15) is 28.1 Å². The van der Waals surface area contributed by atoms with Crippen LogP contribution in [0.1, 0.15) is 17.3 Å². The van der Waals surface area contributed by atoms with Gasteiger partial charge in [-0.05, 0) is 61.5 Å². The Bertz CT molecular complexity index is 1360. The van der Waals surface area contributed by atoms with Crippen LogP contribution in [0.3, 0.4) is 0 Å². The van der Waals surface area contributed by atoms with Gasteiger partial charge < -0.3 is 5.32 Å². The number of carbonyl (C=O) groups excluding carboxylic acids is 2. The van der Waals surface area contributed by atoms with Crippen LogP contribution in [0.25, 0.3) is 0 Å². The molecule has 0 heterocycles. The summed E-state index contributed by atoms with van der Waals surface area (Å²) in [4.78, 5) is 34.1. The number of hydrogen-bond acceptors (Lipinski definition) is 6. The van der Waals surface area contributed by atoms with E-state index in [1.165, 1.54) is 55.5 Å². The highest BCUT2D eigenvalue weighted by Crippen LogP contribution is 2.32. The Kier molecular flexibility index (Phi) is 7.55. The fourth-order valence-corrected chi connectivity index (χ4v) is 5.01. The van der Waals surface area contributed by atoms with E-state index in [1.54, 1.807) is 0 Å². The second-order valence-electron chi connectivity index (χ2n) is 7.04. The lowest BCUT2D eigenvalue weighted by atomic mass is 10.1. The van der Waals surface area contributed by atoms with E-state index < -0.39 is 38.0 Å². The number of non-ortho nitro benzene ring substituents is 1. The summed E-state index contributed by atoms with van der Waals surface area (Å²) < 4.78 is 27.8. The number of nitro groups is 1. The van der Waals surface area contributed by atoms with E-state index in [1.807, 2.05) is 0 Å². The maximum absolute atomic E-state index is 13.5. The first-order valence-electron chi connectivity index (χ1n) is 9.62. The molecule has 0 atom stereocenters. The molecule has 3 aromatic carbocycles. The molecular formula is C22H17Cl2N3O6S. The highest BCUT2D eigenvalue weighted by atomic mass is 35.5. The molecule has 0 aliphatic heterocycles. The van der Waals surface area contributed by atoms with Crippen LogP contribution in [0.4, 0.5) is 17.1 Å². The normalized spacial score (nSPS) is 11.0. The molecule has 0 spiro atoms. The van der Waals surface area contributed by atoms with Crippen molar-refractivity contribution in [3.8, 4) is 0 Å². The van der Waals surface area contributed by atoms with Gasteiger partial charge in [0.1, 0.15) is 11.4 Å². The van der Waals surface area contributed by atoms with Gasteiger partial charge in [0.2, 0.25) is 5.91 Å². The van der Waals surface area contributed by atoms with Gasteiger partial charge in [0.25, 0.3) is 15.7 Å². The van der Waals surface area contributed by atoms with Crippen molar-refractivity contribution in [1.29, 1.82) is 0 Å². The first kappa shape index (κ1) is 25.2. The molecule has 0 aliphatic rings. The molecule has 9 nitrogen and oxygen atoms in total. The average molecular weight is 522 g/mol. The Morgan fingerprint density at radius 1 is 1.00 bits per heavy atom. The zero-order valence-corrected chi connectivity index (χ0v) is 19.9. The molecule has 0 unspecified atom stereocenters. The molecule has 3 rings (SSSR count). The highest BCUT2D eigenvalue weighted by molar-refractivity contribution is 7.93. The SMILES string of the molecule is CC(=O)c1ccc(NC(=O)CN(c2ccc(Cl)cc2)S(=O)(=O)c2cc([N+](=O)[O-])ccc2Cl)cc1. The number of nitro benzene ring substituents is 1. The summed E-state index contributed by atoms with van der Waals surface area (Å²) in [5.74, 6) is -0.845. The quantitative estimate of drug-likeness (QED) is 0.254. The number of amides is 1. The van der Waals surface area contributed by atoms with Gasteiger partial charge in [-0.3, -0.25) is 24.0 Å². The lowest BCUT2D eigenvalue weighted by Gasteiger charge is -2.24. The molecule has 0 aliphatic carbocycles. The summed E-state index contributed by atoms with van der Waals surface area (Å²) in [6.45, 7) is 0.735. The average Bonchev–Trinajstić information content (AvgIpc) is 2.78. The van der Waals surface area contributed by atoms with Crippen molar-refractivity contribution in [2.45, 2.75) is 11.8 Å². The molecule has 0 saturated heterocycles. The van der Waals surface area contributed by atoms with E-state index in [0.717, 1.165) is 22.5 Å². The number of benzene rings is 3. The number of carbonyl (C=O) groups is 2. The number of halogens is 2. The zero-order chi connectivity index (χ0) is 25.0. The molecule has 0 aromatic heterocycles. The summed E-state index contributed by atoms with van der Waals surface area (Å²) in [7, 11) is -4.51. The van der Waals surface area contributed by atoms with Crippen molar-refractivity contribution in [3.63, 3.8) is 0 Å². The van der Waals surface area contributed by atoms with E-state index >= 15 is 0 Å². The lowest BCUT2D eigenvalue weighted by molar-refractivity contribution is -0.385. The first-order chi connectivity index (χ1) is 16.0. The summed E-state index contributed by atoms with van der Waals surface area (Å²) in [5, 5.41) is 13.8. The summed E-state index contributed by atoms with van der Waals surface area (Å²) in [6.07, 6.45) is 0. The molecule has 0 saturated carbocycles. The van der Waals surface area contributed by atoms with Gasteiger partial charge >= 0.3 is 0 Å². The van der Waals surface area contributed by atoms with Crippen LogP contribution in [0.5, 0.6) is 0 Å². The fraction of sp³-hybridized carbons (Fsp3) is 0.0909. The van der Waals surface area contributed by atoms with Crippen molar-refractivity contribution in [3.05, 3.63) is 92.5 Å². The van der Waals surface area contributed by atoms with E-state index in [2.05, 4.69) is 5.32 Å². The Labute approximate surface area is 205 Å². The molecule has 3 aromatic rings. The summed E-state index contributed by atoms with van der Waals surface area (Å²) in [5.41, 5.74) is 0.406. The number of Topliss-reactive ketones (excluding diaryl/α,β-unsaturated/α-hetero) is 1. The Morgan fingerprint density at radius 3 is 2.18 bits per heavy atom. The van der Waals surface area contributed by atoms with Crippen LogP contribution in [-0.2, 0) is 14.8 Å². The number of sulfonamides is 1. The minimum atomic E-state index is -4.51. The second kappa shape index (κ2) is 10.2. The standard InChI is InChI=1S/C22H17Cl2N3O6S/c1-14(28)15-2-6-17(7-3-15)25-22(29)13-26(18-8-4-16(23)5-9-18)34(32,33)21-12-19(27(30)31)10-11-20(21)24/h2-12H,13H2,1H3,(H,25,29). The first-order valence-corrected chi connectivity index (χ1v) is 11.8. The third-order valence-corrected chi connectivity index (χ3v) is 7.18. The maximum Gasteiger partial charge on any atom is 0.270 e. The number of rotatable bonds is 8. The molecule has 0 fully saturated rings. The van der Waals surface area contributed by atoms with Gasteiger partial charge in [-0.25, -0.2) is 8.42 Å². The van der Waals surface area contributed by atoms with Crippen molar-refractivity contribution in [1.82, 2.24) is 0 Å². The minimum Gasteiger partial charge on any atom is -0.325 e. The third-order valence-electron chi connectivity index (χ3n) is 4.67. The molecule has 1 N–H and O–H groups in total. The van der Waals surface area contributed by atoms with Gasteiger partial charge in [-0.15, -0.1) is 0 Å². The Balaban J connectivity index is 1.98. The zero-order valence-electron chi connectivity index (χ0n) is 17.6. The van der Waals surface area contributed by atoms with Crippen LogP contribution in [0.2, 0.25) is 10.0 Å². The Morgan fingerprint density at radius 2 is 1.62 bits per heavy atom. The third kappa shape index (κ3) is 5.71. The van der Waals surface area contributed by atoms with Crippen LogP contribution in [-0.4, -0.2) is 31.6 Å². The molecule has 176 valence electrons. The smallest absolute Gasteiger partial charge is 0.270 e. The highest BCUT2D eigenvalue weighted by Gasteiger charge is 2.31. The number of ketones is 1. The van der Waals surface area contributed by atoms with Crippen LogP contribution in [0.15, 0.2) is 71.6 Å². The number of nitrogens with one attached hydrogen (secondary N) is 1. The van der Waals surface area contributed by atoms with Crippen LogP contribution >= 0.6 is 23.2 Å². The van der Waals surface area contributed by atoms with Gasteiger partial charge in [0.05, 0.1) is 15.6 Å². The van der Waals surface area contributed by atoms with E-state index in [-0.39, 0.29) is 16.5 Å². The predicted octanol–water partition coefficient (Wildman–Crippen LogP) is 4.94. The van der Waals surface area contributed by atoms with E-state index in [4.69, 9.17) is 23.2 Å². The summed E-state index contributed by atoms with van der Waals surface area (Å²) in [6, 6.07) is 14.7. The molecule has 12 heteroatoms. The largest absolute Gasteiger partial charge is 0.325 e. The van der Waals surface area contributed by atoms with Crippen LogP contribution in [0, 0.1) is 10.1 Å². The number of anilines is 2. The monoisotopic (exact) mass is 521 g/mol. The molecule has 0 bridgehead atoms. The van der Waals surface area contributed by atoms with Gasteiger partial charge in [-0.2, -0.15) is 0 Å². The van der Waals surface area contributed by atoms with Crippen LogP contribution < -0.4 is 9.62 Å². The van der Waals surface area contributed by atoms with Crippen molar-refractivity contribution in [2.24, 2.45) is 0 Å². The van der Waals surface area contributed by atoms with Crippen molar-refractivity contribution >= 4 is 62.0 Å². The lowest BCUT2D eigenvalue weighted by Crippen LogP contribution is -2.38. The molecule has 0 radical (unpaired) electrons. The fourth-order valence-electron chi connectivity index (χ4n) is 2.96. The molecule has 34 heavy (non-hydrogen) atoms. The number of hydrogen-bond donors (Lipinski definition) is 1. The van der Waals surface area contributed by atoms with E-state index in [0.29, 0.717) is 16.3 Å². The second-order valence-corrected chi connectivity index (χ2v) is 9.72. The predicted molar refractivity (Wildman–Crippen MR) is 129 cm³/mol. The maximum atomic E-state index is 13.5. The topological polar surface area (TPSA) is 127 Å². The van der Waals surface area contributed by atoms with Crippen molar-refractivity contribution in [2.75, 3.05) is 16.2 Å². The Hall–Kier alpha value is -3.47.